The molecule has 1 saturated carbocycles. The van der Waals surface area contributed by atoms with Crippen molar-refractivity contribution in [2.24, 2.45) is 5.41 Å². The monoisotopic (exact) mass is 948 g/mol. The van der Waals surface area contributed by atoms with Crippen LogP contribution in [0.4, 0.5) is 21.8 Å². The molecule has 4 heterocycles. The SMILES string of the molecule is CNc1nc(Nc2ccc(C(=O)N3CCN(CCCOc4cc(-c5scnc5C)ccc4CNC(=O)[C@@H]4C[C@@H](O)CN4C(=O)[C@@H](NC(=O)C4(F)CC4)C(C)(C)C)CC3)cc2OC)ncc1Cl. The first kappa shape index (κ1) is 48.3. The van der Waals surface area contributed by atoms with E-state index in [0.717, 1.165) is 28.2 Å². The average molecular weight is 950 g/mol. The summed E-state index contributed by atoms with van der Waals surface area (Å²) < 4.78 is 26.7. The number of carbonyl (C=O) groups is 4. The predicted octanol–water partition coefficient (Wildman–Crippen LogP) is 5.19. The van der Waals surface area contributed by atoms with Crippen LogP contribution in [0.5, 0.6) is 11.5 Å². The highest BCUT2D eigenvalue weighted by atomic mass is 35.5. The van der Waals surface area contributed by atoms with Crippen molar-refractivity contribution in [1.29, 1.82) is 0 Å². The number of carbonyl (C=O) groups excluding carboxylic acids is 4. The maximum atomic E-state index is 14.6. The number of amides is 4. The summed E-state index contributed by atoms with van der Waals surface area (Å²) >= 11 is 7.65. The smallest absolute Gasteiger partial charge is 0.258 e. The molecule has 4 aromatic rings. The van der Waals surface area contributed by atoms with E-state index in [-0.39, 0.29) is 38.3 Å². The quantitative estimate of drug-likeness (QED) is 0.0867. The number of nitrogens with one attached hydrogen (secondary N) is 4. The van der Waals surface area contributed by atoms with Gasteiger partial charge in [-0.3, -0.25) is 24.1 Å². The summed E-state index contributed by atoms with van der Waals surface area (Å²) in [6.07, 6.45) is 1.47. The molecule has 20 heteroatoms. The van der Waals surface area contributed by atoms with E-state index in [2.05, 4.69) is 41.1 Å². The van der Waals surface area contributed by atoms with Crippen molar-refractivity contribution in [3.63, 3.8) is 0 Å². The molecule has 17 nitrogen and oxygen atoms in total. The predicted molar refractivity (Wildman–Crippen MR) is 250 cm³/mol. The minimum Gasteiger partial charge on any atom is -0.495 e. The molecule has 2 saturated heterocycles. The molecule has 1 aliphatic carbocycles. The third-order valence-corrected chi connectivity index (χ3v) is 13.3. The number of thiazole rings is 1. The Morgan fingerprint density at radius 2 is 1.82 bits per heavy atom. The molecule has 0 spiro atoms. The minimum absolute atomic E-state index is 0.0185. The van der Waals surface area contributed by atoms with Crippen LogP contribution in [0.3, 0.4) is 0 Å². The lowest BCUT2D eigenvalue weighted by atomic mass is 9.85. The Kier molecular flexibility index (Phi) is 15.0. The van der Waals surface area contributed by atoms with Gasteiger partial charge >= 0.3 is 0 Å². The van der Waals surface area contributed by atoms with E-state index in [1.165, 1.54) is 29.5 Å². The molecule has 0 unspecified atom stereocenters. The number of aliphatic hydroxyl groups is 1. The van der Waals surface area contributed by atoms with E-state index in [1.807, 2.05) is 30.0 Å². The van der Waals surface area contributed by atoms with Crippen molar-refractivity contribution in [3.8, 4) is 21.9 Å². The zero-order valence-electron chi connectivity index (χ0n) is 38.1. The number of aromatic nitrogens is 3. The van der Waals surface area contributed by atoms with Gasteiger partial charge in [-0.25, -0.2) is 14.4 Å². The lowest BCUT2D eigenvalue weighted by Gasteiger charge is -2.35. The van der Waals surface area contributed by atoms with Gasteiger partial charge in [-0.05, 0) is 61.4 Å². The molecule has 354 valence electrons. The molecule has 3 aliphatic rings. The zero-order chi connectivity index (χ0) is 47.3. The van der Waals surface area contributed by atoms with Crippen LogP contribution in [0.25, 0.3) is 10.4 Å². The van der Waals surface area contributed by atoms with Crippen molar-refractivity contribution < 1.29 is 38.1 Å². The average Bonchev–Trinajstić information content (AvgIpc) is 3.71. The van der Waals surface area contributed by atoms with Gasteiger partial charge in [-0.2, -0.15) is 4.98 Å². The fraction of sp³-hybridized carbons (Fsp3) is 0.500. The Morgan fingerprint density at radius 1 is 1.06 bits per heavy atom. The summed E-state index contributed by atoms with van der Waals surface area (Å²) in [5.74, 6) is -0.0858. The first-order chi connectivity index (χ1) is 31.5. The van der Waals surface area contributed by atoms with Gasteiger partial charge in [0, 0.05) is 70.4 Å². The number of benzene rings is 2. The standard InChI is InChI=1S/C46H58ClFN10O7S/c1-27-37(66-26-52-27)28-8-9-30(23-50-40(60)34-22-31(59)25-58(34)42(62)38(45(2,3)4)54-43(63)46(48)12-13-46)35(20-28)65-19-7-14-56-15-17-57(18-16-56)41(61)29-10-11-33(36(21-29)64-6)53-44-51-24-32(47)39(49-5)55-44/h8-11,20-21,24,26,31,34,38,59H,7,12-19,22-23,25H2,1-6H3,(H,50,60)(H,54,63)(H2,49,51,53,55)/t31-,34+,38-/m1/s1. The van der Waals surface area contributed by atoms with Crippen LogP contribution in [0, 0.1) is 12.3 Å². The Hall–Kier alpha value is -5.63. The number of ether oxygens (including phenoxy) is 2. The maximum absolute atomic E-state index is 14.6. The molecular formula is C46H58ClFN10O7S. The van der Waals surface area contributed by atoms with Crippen LogP contribution in [-0.4, -0.2) is 142 Å². The number of β-amino-alcohol motifs (C(OH)–C–C–N with tert-alkyl or cyclic N) is 1. The van der Waals surface area contributed by atoms with E-state index < -0.39 is 47.0 Å². The first-order valence-electron chi connectivity index (χ1n) is 22.1. The van der Waals surface area contributed by atoms with Crippen LogP contribution in [0.2, 0.25) is 5.02 Å². The number of alkyl halides is 1. The molecule has 0 bridgehead atoms. The normalized spacial score (nSPS) is 18.6. The molecule has 2 aliphatic heterocycles. The highest BCUT2D eigenvalue weighted by Gasteiger charge is 2.53. The molecule has 4 amide bonds. The molecule has 3 fully saturated rings. The second-order valence-electron chi connectivity index (χ2n) is 18.0. The molecule has 5 N–H and O–H groups in total. The number of aryl methyl sites for hydroxylation is 1. The van der Waals surface area contributed by atoms with Gasteiger partial charge in [0.1, 0.15) is 34.4 Å². The van der Waals surface area contributed by atoms with Crippen molar-refractivity contribution in [3.05, 3.63) is 69.9 Å². The number of piperazine rings is 1. The molecule has 66 heavy (non-hydrogen) atoms. The van der Waals surface area contributed by atoms with Crippen molar-refractivity contribution in [1.82, 2.24) is 40.3 Å². The number of hydrogen-bond acceptors (Lipinski definition) is 14. The largest absolute Gasteiger partial charge is 0.495 e. The molecular weight excluding hydrogens is 891 g/mol. The summed E-state index contributed by atoms with van der Waals surface area (Å²) in [6.45, 7) is 10.8. The fourth-order valence-corrected chi connectivity index (χ4v) is 9.04. The highest BCUT2D eigenvalue weighted by Crippen LogP contribution is 2.41. The van der Waals surface area contributed by atoms with Crippen LogP contribution in [-0.2, 0) is 20.9 Å². The third kappa shape index (κ3) is 11.3. The van der Waals surface area contributed by atoms with Crippen LogP contribution >= 0.6 is 22.9 Å². The molecule has 3 atom stereocenters. The lowest BCUT2D eigenvalue weighted by Crippen LogP contribution is -2.59. The van der Waals surface area contributed by atoms with Crippen LogP contribution in [0.1, 0.15) is 68.1 Å². The summed E-state index contributed by atoms with van der Waals surface area (Å²) in [5, 5.41) is 22.6. The number of halogens is 2. The van der Waals surface area contributed by atoms with Gasteiger partial charge in [0.2, 0.25) is 17.8 Å². The van der Waals surface area contributed by atoms with Gasteiger partial charge in [-0.1, -0.05) is 44.5 Å². The van der Waals surface area contributed by atoms with E-state index in [9.17, 15) is 28.7 Å². The van der Waals surface area contributed by atoms with Gasteiger partial charge in [0.25, 0.3) is 11.8 Å². The Bertz CT molecular complexity index is 2420. The van der Waals surface area contributed by atoms with Crippen molar-refractivity contribution in [2.45, 2.75) is 83.8 Å². The molecule has 2 aromatic heterocycles. The summed E-state index contributed by atoms with van der Waals surface area (Å²) in [5.41, 5.74) is 2.65. The highest BCUT2D eigenvalue weighted by molar-refractivity contribution is 7.13. The van der Waals surface area contributed by atoms with E-state index in [1.54, 1.807) is 51.5 Å². The summed E-state index contributed by atoms with van der Waals surface area (Å²) in [6, 6.07) is 8.91. The Balaban J connectivity index is 0.934. The second kappa shape index (κ2) is 20.5. The van der Waals surface area contributed by atoms with E-state index >= 15 is 0 Å². The summed E-state index contributed by atoms with van der Waals surface area (Å²) in [7, 11) is 3.25. The lowest BCUT2D eigenvalue weighted by molar-refractivity contribution is -0.145. The molecule has 0 radical (unpaired) electrons. The number of nitrogens with zero attached hydrogens (tertiary/aromatic N) is 6. The zero-order valence-corrected chi connectivity index (χ0v) is 39.7. The molecule has 2 aromatic carbocycles. The summed E-state index contributed by atoms with van der Waals surface area (Å²) in [4.78, 5) is 73.5. The van der Waals surface area contributed by atoms with Crippen molar-refractivity contribution in [2.75, 3.05) is 70.7 Å². The minimum atomic E-state index is -1.98. The number of methoxy groups -OCH3 is 1. The van der Waals surface area contributed by atoms with E-state index in [0.29, 0.717) is 78.7 Å². The van der Waals surface area contributed by atoms with Gasteiger partial charge < -0.3 is 45.6 Å². The number of anilines is 3. The number of likely N-dealkylation sites (tertiary alicyclic amines) is 1. The number of hydrogen-bond donors (Lipinski definition) is 5. The van der Waals surface area contributed by atoms with Gasteiger partial charge in [-0.15, -0.1) is 11.3 Å². The number of rotatable bonds is 17. The van der Waals surface area contributed by atoms with Crippen LogP contribution in [0.15, 0.2) is 48.1 Å². The number of aliphatic hydroxyl groups excluding tert-OH is 1. The van der Waals surface area contributed by atoms with Gasteiger partial charge in [0.05, 0.1) is 47.8 Å². The van der Waals surface area contributed by atoms with Crippen LogP contribution < -0.4 is 30.7 Å². The van der Waals surface area contributed by atoms with Crippen molar-refractivity contribution >= 4 is 64.0 Å². The Morgan fingerprint density at radius 3 is 2.48 bits per heavy atom. The van der Waals surface area contributed by atoms with Gasteiger partial charge in [0.15, 0.2) is 5.67 Å². The second-order valence-corrected chi connectivity index (χ2v) is 19.2. The molecule has 7 rings (SSSR count). The Labute approximate surface area is 392 Å². The maximum Gasteiger partial charge on any atom is 0.258 e. The fourth-order valence-electron chi connectivity index (χ4n) is 8.05. The first-order valence-corrected chi connectivity index (χ1v) is 23.3. The third-order valence-electron chi connectivity index (χ3n) is 12.1. The van der Waals surface area contributed by atoms with E-state index in [4.69, 9.17) is 21.1 Å². The topological polar surface area (TPSA) is 203 Å².